The molecule has 0 saturated carbocycles. The SMILES string of the molecule is COc1cccc(N2C(=O)CS[C@]23C(=O)N(CC(=O)Nc2ccc(F)cc2)c2ccccc23)c1. The molecular formula is C25H20FN3O4S. The van der Waals surface area contributed by atoms with Crippen molar-refractivity contribution in [3.05, 3.63) is 84.2 Å². The summed E-state index contributed by atoms with van der Waals surface area (Å²) >= 11 is 1.24. The topological polar surface area (TPSA) is 79.0 Å². The molecule has 3 aromatic rings. The van der Waals surface area contributed by atoms with Crippen molar-refractivity contribution in [1.82, 2.24) is 0 Å². The third kappa shape index (κ3) is 3.49. The summed E-state index contributed by atoms with van der Waals surface area (Å²) < 4.78 is 18.5. The van der Waals surface area contributed by atoms with Crippen molar-refractivity contribution in [2.75, 3.05) is 34.5 Å². The van der Waals surface area contributed by atoms with Crippen molar-refractivity contribution in [3.63, 3.8) is 0 Å². The lowest BCUT2D eigenvalue weighted by Crippen LogP contribution is -2.50. The number of methoxy groups -OCH3 is 1. The van der Waals surface area contributed by atoms with Gasteiger partial charge in [0.1, 0.15) is 18.1 Å². The third-order valence-electron chi connectivity index (χ3n) is 5.81. The molecule has 34 heavy (non-hydrogen) atoms. The number of hydrogen-bond acceptors (Lipinski definition) is 5. The fraction of sp³-hybridized carbons (Fsp3) is 0.160. The van der Waals surface area contributed by atoms with Gasteiger partial charge in [-0.1, -0.05) is 24.3 Å². The Morgan fingerprint density at radius 1 is 1.09 bits per heavy atom. The van der Waals surface area contributed by atoms with E-state index < -0.39 is 16.6 Å². The van der Waals surface area contributed by atoms with Gasteiger partial charge in [0.25, 0.3) is 5.91 Å². The van der Waals surface area contributed by atoms with E-state index in [-0.39, 0.29) is 24.1 Å². The number of thioether (sulfide) groups is 1. The Kier molecular flexibility index (Phi) is 5.49. The third-order valence-corrected chi connectivity index (χ3v) is 7.19. The number of amides is 3. The summed E-state index contributed by atoms with van der Waals surface area (Å²) in [6.45, 7) is -0.254. The Morgan fingerprint density at radius 3 is 2.62 bits per heavy atom. The molecule has 0 aromatic heterocycles. The van der Waals surface area contributed by atoms with Crippen LogP contribution >= 0.6 is 11.8 Å². The first-order valence-electron chi connectivity index (χ1n) is 10.5. The van der Waals surface area contributed by atoms with Crippen molar-refractivity contribution in [3.8, 4) is 5.75 Å². The predicted molar refractivity (Wildman–Crippen MR) is 128 cm³/mol. The normalized spacial score (nSPS) is 19.0. The number of para-hydroxylation sites is 1. The molecule has 1 saturated heterocycles. The number of carbonyl (C=O) groups excluding carboxylic acids is 3. The van der Waals surface area contributed by atoms with Gasteiger partial charge >= 0.3 is 0 Å². The van der Waals surface area contributed by atoms with Gasteiger partial charge in [-0.25, -0.2) is 4.39 Å². The van der Waals surface area contributed by atoms with Crippen molar-refractivity contribution in [2.45, 2.75) is 4.87 Å². The van der Waals surface area contributed by atoms with Gasteiger partial charge in [0.05, 0.1) is 18.6 Å². The van der Waals surface area contributed by atoms with Gasteiger partial charge in [0.15, 0.2) is 0 Å². The van der Waals surface area contributed by atoms with Crippen LogP contribution in [0.3, 0.4) is 0 Å². The lowest BCUT2D eigenvalue weighted by molar-refractivity contribution is -0.124. The molecule has 3 aromatic carbocycles. The largest absolute Gasteiger partial charge is 0.497 e. The number of benzene rings is 3. The van der Waals surface area contributed by atoms with Gasteiger partial charge in [-0.2, -0.15) is 0 Å². The van der Waals surface area contributed by atoms with Crippen molar-refractivity contribution in [1.29, 1.82) is 0 Å². The Hall–Kier alpha value is -3.85. The van der Waals surface area contributed by atoms with E-state index in [4.69, 9.17) is 4.74 Å². The maximum absolute atomic E-state index is 14.0. The van der Waals surface area contributed by atoms with Gasteiger partial charge in [0, 0.05) is 23.0 Å². The van der Waals surface area contributed by atoms with Gasteiger partial charge in [-0.15, -0.1) is 11.8 Å². The monoisotopic (exact) mass is 477 g/mol. The molecule has 0 unspecified atom stereocenters. The summed E-state index contributed by atoms with van der Waals surface area (Å²) in [5, 5.41) is 2.69. The molecule has 1 spiro atoms. The van der Waals surface area contributed by atoms with Crippen molar-refractivity contribution < 1.29 is 23.5 Å². The lowest BCUT2D eigenvalue weighted by Gasteiger charge is -2.33. The van der Waals surface area contributed by atoms with E-state index in [9.17, 15) is 18.8 Å². The van der Waals surface area contributed by atoms with E-state index in [0.717, 1.165) is 0 Å². The molecule has 0 bridgehead atoms. The van der Waals surface area contributed by atoms with E-state index >= 15 is 0 Å². The first kappa shape index (κ1) is 22.0. The Labute approximate surface area is 199 Å². The van der Waals surface area contributed by atoms with Gasteiger partial charge in [-0.05, 0) is 42.5 Å². The zero-order valence-electron chi connectivity index (χ0n) is 18.2. The molecule has 0 aliphatic carbocycles. The second-order valence-electron chi connectivity index (χ2n) is 7.83. The molecule has 1 atom stereocenters. The van der Waals surface area contributed by atoms with Crippen LogP contribution in [0.5, 0.6) is 5.75 Å². The minimum Gasteiger partial charge on any atom is -0.497 e. The van der Waals surface area contributed by atoms with E-state index in [0.29, 0.717) is 28.4 Å². The average molecular weight is 478 g/mol. The number of rotatable bonds is 5. The molecule has 7 nitrogen and oxygen atoms in total. The van der Waals surface area contributed by atoms with Crippen LogP contribution in [-0.2, 0) is 19.3 Å². The summed E-state index contributed by atoms with van der Waals surface area (Å²) in [5.74, 6) is -0.752. The molecule has 5 rings (SSSR count). The van der Waals surface area contributed by atoms with Crippen LogP contribution in [0.2, 0.25) is 0 Å². The molecule has 0 radical (unpaired) electrons. The smallest absolute Gasteiger partial charge is 0.269 e. The summed E-state index contributed by atoms with van der Waals surface area (Å²) in [7, 11) is 1.53. The van der Waals surface area contributed by atoms with Crippen LogP contribution in [0, 0.1) is 5.82 Å². The van der Waals surface area contributed by atoms with Crippen molar-refractivity contribution in [2.24, 2.45) is 0 Å². The second-order valence-corrected chi connectivity index (χ2v) is 9.00. The molecule has 2 aliphatic rings. The zero-order chi connectivity index (χ0) is 23.9. The van der Waals surface area contributed by atoms with E-state index in [1.165, 1.54) is 52.9 Å². The summed E-state index contributed by atoms with van der Waals surface area (Å²) in [5.41, 5.74) is 2.17. The quantitative estimate of drug-likeness (QED) is 0.606. The van der Waals surface area contributed by atoms with Crippen LogP contribution < -0.4 is 19.9 Å². The van der Waals surface area contributed by atoms with Crippen LogP contribution in [-0.4, -0.2) is 37.1 Å². The number of hydrogen-bond donors (Lipinski definition) is 1. The van der Waals surface area contributed by atoms with E-state index in [1.54, 1.807) is 36.4 Å². The number of halogens is 1. The highest BCUT2D eigenvalue weighted by molar-refractivity contribution is 8.02. The molecule has 2 aliphatic heterocycles. The predicted octanol–water partition coefficient (Wildman–Crippen LogP) is 3.75. The number of nitrogens with one attached hydrogen (secondary N) is 1. The van der Waals surface area contributed by atoms with Gasteiger partial charge in [-0.3, -0.25) is 24.2 Å². The second kappa shape index (κ2) is 8.49. The zero-order valence-corrected chi connectivity index (χ0v) is 19.0. The molecule has 3 amide bonds. The number of nitrogens with zero attached hydrogens (tertiary/aromatic N) is 2. The van der Waals surface area contributed by atoms with Crippen LogP contribution in [0.4, 0.5) is 21.5 Å². The highest BCUT2D eigenvalue weighted by Crippen LogP contribution is 2.55. The average Bonchev–Trinajstić information content (AvgIpc) is 3.31. The maximum Gasteiger partial charge on any atom is 0.269 e. The number of anilines is 3. The van der Waals surface area contributed by atoms with Crippen LogP contribution in [0.1, 0.15) is 5.56 Å². The molecule has 1 fully saturated rings. The van der Waals surface area contributed by atoms with Crippen LogP contribution in [0.25, 0.3) is 0 Å². The number of ether oxygens (including phenoxy) is 1. The van der Waals surface area contributed by atoms with E-state index in [2.05, 4.69) is 5.32 Å². The Morgan fingerprint density at radius 2 is 1.85 bits per heavy atom. The summed E-state index contributed by atoms with van der Waals surface area (Å²) in [6.07, 6.45) is 0. The fourth-order valence-corrected chi connectivity index (χ4v) is 5.70. The molecule has 9 heteroatoms. The van der Waals surface area contributed by atoms with Crippen LogP contribution in [0.15, 0.2) is 72.8 Å². The Balaban J connectivity index is 1.51. The first-order chi connectivity index (χ1) is 16.4. The van der Waals surface area contributed by atoms with Crippen molar-refractivity contribution >= 4 is 46.5 Å². The minimum absolute atomic E-state index is 0.118. The lowest BCUT2D eigenvalue weighted by atomic mass is 10.0. The summed E-state index contributed by atoms with van der Waals surface area (Å²) in [4.78, 5) is 41.4. The molecular weight excluding hydrogens is 457 g/mol. The van der Waals surface area contributed by atoms with Gasteiger partial charge < -0.3 is 10.1 Å². The van der Waals surface area contributed by atoms with Gasteiger partial charge in [0.2, 0.25) is 16.7 Å². The fourth-order valence-electron chi connectivity index (χ4n) is 4.34. The number of carbonyl (C=O) groups is 3. The summed E-state index contributed by atoms with van der Waals surface area (Å²) in [6, 6.07) is 19.5. The van der Waals surface area contributed by atoms with E-state index in [1.807, 2.05) is 12.1 Å². The number of fused-ring (bicyclic) bond motifs is 2. The highest BCUT2D eigenvalue weighted by atomic mass is 32.2. The molecule has 172 valence electrons. The molecule has 1 N–H and O–H groups in total. The standard InChI is InChI=1S/C25H20FN3O4S/c1-33-19-6-4-5-18(13-19)29-23(31)15-34-25(29)20-7-2-3-8-21(20)28(24(25)32)14-22(30)27-17-11-9-16(26)10-12-17/h2-13H,14-15H2,1H3,(H,27,30)/t25-/m1/s1. The molecule has 2 heterocycles. The highest BCUT2D eigenvalue weighted by Gasteiger charge is 2.61. The Bertz CT molecular complexity index is 1300. The first-order valence-corrected chi connectivity index (χ1v) is 11.5. The minimum atomic E-state index is -1.32. The maximum atomic E-state index is 14.0.